The van der Waals surface area contributed by atoms with Crippen LogP contribution in [-0.2, 0) is 11.2 Å². The lowest BCUT2D eigenvalue weighted by Crippen LogP contribution is -2.18. The summed E-state index contributed by atoms with van der Waals surface area (Å²) in [5, 5.41) is 13.5. The normalized spacial score (nSPS) is 10.4. The molecule has 0 aliphatic carbocycles. The number of hydrogen-bond donors (Lipinski definition) is 2. The Morgan fingerprint density at radius 2 is 2.17 bits per heavy atom. The van der Waals surface area contributed by atoms with Crippen LogP contribution in [0.25, 0.3) is 0 Å². The van der Waals surface area contributed by atoms with E-state index >= 15 is 0 Å². The van der Waals surface area contributed by atoms with Crippen molar-refractivity contribution >= 4 is 17.3 Å². The van der Waals surface area contributed by atoms with Crippen molar-refractivity contribution in [2.24, 2.45) is 11.7 Å². The SMILES string of the molecule is CC(C)C(=O)Nc1ccc(CCN)cc1[N+](=O)[O-]. The van der Waals surface area contributed by atoms with Crippen LogP contribution in [0.5, 0.6) is 0 Å². The number of benzene rings is 1. The molecule has 1 rings (SSSR count). The topological polar surface area (TPSA) is 98.3 Å². The Morgan fingerprint density at radius 3 is 2.67 bits per heavy atom. The summed E-state index contributed by atoms with van der Waals surface area (Å²) in [6.45, 7) is 3.88. The Morgan fingerprint density at radius 1 is 1.50 bits per heavy atom. The molecule has 6 heteroatoms. The Hall–Kier alpha value is -1.95. The monoisotopic (exact) mass is 251 g/mol. The first-order valence-corrected chi connectivity index (χ1v) is 5.74. The van der Waals surface area contributed by atoms with E-state index < -0.39 is 4.92 Å². The maximum absolute atomic E-state index is 11.5. The van der Waals surface area contributed by atoms with Gasteiger partial charge in [-0.1, -0.05) is 19.9 Å². The standard InChI is InChI=1S/C12H17N3O3/c1-8(2)12(16)14-10-4-3-9(5-6-13)7-11(10)15(17)18/h3-4,7-8H,5-6,13H2,1-2H3,(H,14,16). The molecular weight excluding hydrogens is 234 g/mol. The van der Waals surface area contributed by atoms with Gasteiger partial charge in [-0.15, -0.1) is 0 Å². The number of amides is 1. The average Bonchev–Trinajstić information content (AvgIpc) is 2.30. The maximum atomic E-state index is 11.5. The Labute approximate surface area is 105 Å². The molecule has 1 aromatic carbocycles. The van der Waals surface area contributed by atoms with Gasteiger partial charge in [0.05, 0.1) is 4.92 Å². The second-order valence-corrected chi connectivity index (χ2v) is 4.29. The fraction of sp³-hybridized carbons (Fsp3) is 0.417. The number of rotatable bonds is 5. The number of nitrogens with two attached hydrogens (primary N) is 1. The van der Waals surface area contributed by atoms with Gasteiger partial charge in [0.25, 0.3) is 5.69 Å². The van der Waals surface area contributed by atoms with Crippen molar-refractivity contribution in [3.63, 3.8) is 0 Å². The van der Waals surface area contributed by atoms with E-state index in [1.807, 2.05) is 0 Å². The maximum Gasteiger partial charge on any atom is 0.293 e. The number of nitrogens with one attached hydrogen (secondary N) is 1. The second kappa shape index (κ2) is 6.11. The summed E-state index contributed by atoms with van der Waals surface area (Å²) in [6, 6.07) is 4.72. The Kier molecular flexibility index (Phi) is 4.79. The highest BCUT2D eigenvalue weighted by Crippen LogP contribution is 2.26. The van der Waals surface area contributed by atoms with E-state index in [-0.39, 0.29) is 23.2 Å². The molecule has 0 bridgehead atoms. The number of carbonyl (C=O) groups excluding carboxylic acids is 1. The van der Waals surface area contributed by atoms with E-state index in [0.717, 1.165) is 5.56 Å². The van der Waals surface area contributed by atoms with Gasteiger partial charge in [0.1, 0.15) is 5.69 Å². The molecule has 0 saturated carbocycles. The minimum atomic E-state index is -0.504. The average molecular weight is 251 g/mol. The molecule has 0 aliphatic heterocycles. The molecule has 0 saturated heterocycles. The summed E-state index contributed by atoms with van der Waals surface area (Å²) in [5.74, 6) is -0.474. The summed E-state index contributed by atoms with van der Waals surface area (Å²) < 4.78 is 0. The molecule has 0 atom stereocenters. The van der Waals surface area contributed by atoms with Crippen LogP contribution in [0.3, 0.4) is 0 Å². The van der Waals surface area contributed by atoms with Crippen LogP contribution >= 0.6 is 0 Å². The van der Waals surface area contributed by atoms with Crippen molar-refractivity contribution < 1.29 is 9.72 Å². The van der Waals surface area contributed by atoms with Crippen LogP contribution in [0.4, 0.5) is 11.4 Å². The molecule has 3 N–H and O–H groups in total. The fourth-order valence-electron chi connectivity index (χ4n) is 1.43. The number of anilines is 1. The number of carbonyl (C=O) groups is 1. The van der Waals surface area contributed by atoms with E-state index in [0.29, 0.717) is 13.0 Å². The molecule has 0 heterocycles. The number of nitrogens with zero attached hydrogens (tertiary/aromatic N) is 1. The first kappa shape index (κ1) is 14.1. The smallest absolute Gasteiger partial charge is 0.293 e. The van der Waals surface area contributed by atoms with Crippen molar-refractivity contribution in [3.8, 4) is 0 Å². The van der Waals surface area contributed by atoms with Gasteiger partial charge >= 0.3 is 0 Å². The van der Waals surface area contributed by atoms with Gasteiger partial charge in [0.15, 0.2) is 0 Å². The summed E-state index contributed by atoms with van der Waals surface area (Å²) in [6.07, 6.45) is 0.569. The second-order valence-electron chi connectivity index (χ2n) is 4.29. The summed E-state index contributed by atoms with van der Waals surface area (Å²) in [5.41, 5.74) is 6.31. The van der Waals surface area contributed by atoms with Gasteiger partial charge < -0.3 is 11.1 Å². The number of nitro groups is 1. The number of nitro benzene ring substituents is 1. The molecule has 6 nitrogen and oxygen atoms in total. The van der Waals surface area contributed by atoms with Crippen LogP contribution in [0.2, 0.25) is 0 Å². The zero-order valence-electron chi connectivity index (χ0n) is 10.5. The van der Waals surface area contributed by atoms with Crippen LogP contribution in [0, 0.1) is 16.0 Å². The Bertz CT molecular complexity index is 458. The van der Waals surface area contributed by atoms with E-state index in [1.165, 1.54) is 6.07 Å². The van der Waals surface area contributed by atoms with Crippen LogP contribution in [-0.4, -0.2) is 17.4 Å². The number of hydrogen-bond acceptors (Lipinski definition) is 4. The molecule has 0 radical (unpaired) electrons. The zero-order valence-corrected chi connectivity index (χ0v) is 10.5. The van der Waals surface area contributed by atoms with Gasteiger partial charge in [-0.05, 0) is 24.6 Å². The van der Waals surface area contributed by atoms with Gasteiger partial charge in [0.2, 0.25) is 5.91 Å². The lowest BCUT2D eigenvalue weighted by Gasteiger charge is -2.09. The summed E-state index contributed by atoms with van der Waals surface area (Å²) in [7, 11) is 0. The van der Waals surface area contributed by atoms with Gasteiger partial charge in [-0.2, -0.15) is 0 Å². The van der Waals surface area contributed by atoms with Crippen molar-refractivity contribution in [3.05, 3.63) is 33.9 Å². The Balaban J connectivity index is 3.04. The minimum absolute atomic E-state index is 0.102. The quantitative estimate of drug-likeness (QED) is 0.614. The highest BCUT2D eigenvalue weighted by molar-refractivity contribution is 5.94. The van der Waals surface area contributed by atoms with Crippen molar-refractivity contribution in [1.29, 1.82) is 0 Å². The molecule has 18 heavy (non-hydrogen) atoms. The van der Waals surface area contributed by atoms with Crippen molar-refractivity contribution in [1.82, 2.24) is 0 Å². The lowest BCUT2D eigenvalue weighted by atomic mass is 10.1. The molecule has 98 valence electrons. The molecule has 0 unspecified atom stereocenters. The van der Waals surface area contributed by atoms with Gasteiger partial charge in [-0.3, -0.25) is 14.9 Å². The zero-order chi connectivity index (χ0) is 13.7. The molecule has 0 fully saturated rings. The third-order valence-electron chi connectivity index (χ3n) is 2.47. The van der Waals surface area contributed by atoms with Crippen molar-refractivity contribution in [2.45, 2.75) is 20.3 Å². The predicted octanol–water partition coefficient (Wildman–Crippen LogP) is 1.69. The largest absolute Gasteiger partial charge is 0.330 e. The third kappa shape index (κ3) is 3.53. The van der Waals surface area contributed by atoms with Crippen molar-refractivity contribution in [2.75, 3.05) is 11.9 Å². The highest BCUT2D eigenvalue weighted by Gasteiger charge is 2.17. The highest BCUT2D eigenvalue weighted by atomic mass is 16.6. The van der Waals surface area contributed by atoms with E-state index in [1.54, 1.807) is 26.0 Å². The fourth-order valence-corrected chi connectivity index (χ4v) is 1.43. The van der Waals surface area contributed by atoms with Crippen LogP contribution in [0.15, 0.2) is 18.2 Å². The summed E-state index contributed by atoms with van der Waals surface area (Å²) in [4.78, 5) is 22.0. The molecule has 1 aromatic rings. The first-order valence-electron chi connectivity index (χ1n) is 5.74. The van der Waals surface area contributed by atoms with Gasteiger partial charge in [0, 0.05) is 12.0 Å². The lowest BCUT2D eigenvalue weighted by molar-refractivity contribution is -0.384. The van der Waals surface area contributed by atoms with E-state index in [9.17, 15) is 14.9 Å². The molecule has 0 aliphatic rings. The minimum Gasteiger partial charge on any atom is -0.330 e. The van der Waals surface area contributed by atoms with Gasteiger partial charge in [-0.25, -0.2) is 0 Å². The van der Waals surface area contributed by atoms with Crippen LogP contribution in [0.1, 0.15) is 19.4 Å². The predicted molar refractivity (Wildman–Crippen MR) is 69.3 cm³/mol. The first-order chi connectivity index (χ1) is 8.45. The molecular formula is C12H17N3O3. The summed E-state index contributed by atoms with van der Waals surface area (Å²) >= 11 is 0. The molecule has 0 spiro atoms. The molecule has 0 aromatic heterocycles. The van der Waals surface area contributed by atoms with Crippen LogP contribution < -0.4 is 11.1 Å². The van der Waals surface area contributed by atoms with E-state index in [2.05, 4.69) is 5.32 Å². The van der Waals surface area contributed by atoms with E-state index in [4.69, 9.17) is 5.73 Å². The molecule has 1 amide bonds. The third-order valence-corrected chi connectivity index (χ3v) is 2.47.